The molecule has 0 saturated heterocycles. The van der Waals surface area contributed by atoms with E-state index >= 15 is 0 Å². The van der Waals surface area contributed by atoms with Gasteiger partial charge < -0.3 is 14.9 Å². The van der Waals surface area contributed by atoms with Crippen LogP contribution in [-0.2, 0) is 6.42 Å². The van der Waals surface area contributed by atoms with E-state index in [1.807, 2.05) is 0 Å². The number of phenols is 1. The molecule has 1 atom stereocenters. The highest BCUT2D eigenvalue weighted by Crippen LogP contribution is 2.36. The summed E-state index contributed by atoms with van der Waals surface area (Å²) >= 11 is 0. The van der Waals surface area contributed by atoms with Crippen LogP contribution in [0.1, 0.15) is 22.8 Å². The highest BCUT2D eigenvalue weighted by molar-refractivity contribution is 5.97. The van der Waals surface area contributed by atoms with Gasteiger partial charge in [-0.3, -0.25) is 4.79 Å². The zero-order chi connectivity index (χ0) is 11.7. The molecular weight excluding hydrogens is 208 g/mol. The van der Waals surface area contributed by atoms with Gasteiger partial charge in [-0.15, -0.1) is 0 Å². The molecule has 2 N–H and O–H groups in total. The van der Waals surface area contributed by atoms with Crippen LogP contribution in [0.15, 0.2) is 12.1 Å². The zero-order valence-electron chi connectivity index (χ0n) is 9.06. The van der Waals surface area contributed by atoms with Gasteiger partial charge >= 0.3 is 0 Å². The lowest BCUT2D eigenvalue weighted by Crippen LogP contribution is -2.24. The Labute approximate surface area is 93.5 Å². The van der Waals surface area contributed by atoms with E-state index in [2.05, 4.69) is 0 Å². The summed E-state index contributed by atoms with van der Waals surface area (Å²) in [7, 11) is 0. The first-order valence-electron chi connectivity index (χ1n) is 5.23. The smallest absolute Gasteiger partial charge is 0.163 e. The molecule has 1 aromatic rings. The molecule has 1 aliphatic rings. The van der Waals surface area contributed by atoms with E-state index in [1.54, 1.807) is 12.1 Å². The largest absolute Gasteiger partial charge is 0.507 e. The van der Waals surface area contributed by atoms with Gasteiger partial charge in [-0.05, 0) is 25.5 Å². The molecule has 4 heteroatoms. The Bertz CT molecular complexity index is 425. The molecule has 16 heavy (non-hydrogen) atoms. The topological polar surface area (TPSA) is 66.8 Å². The summed E-state index contributed by atoms with van der Waals surface area (Å²) in [5, 5.41) is 19.0. The number of Topliss-reactive ketones (excluding diaryl/α,β-unsaturated/α-hetero) is 1. The maximum atomic E-state index is 11.3. The van der Waals surface area contributed by atoms with Gasteiger partial charge in [-0.2, -0.15) is 0 Å². The summed E-state index contributed by atoms with van der Waals surface area (Å²) in [5.74, 6) is 0.405. The van der Waals surface area contributed by atoms with Gasteiger partial charge in [0.1, 0.15) is 11.5 Å². The van der Waals surface area contributed by atoms with Crippen molar-refractivity contribution in [3.05, 3.63) is 23.3 Å². The average molecular weight is 222 g/mol. The number of benzene rings is 1. The van der Waals surface area contributed by atoms with E-state index in [1.165, 1.54) is 6.92 Å². The fourth-order valence-electron chi connectivity index (χ4n) is 1.91. The second kappa shape index (κ2) is 4.14. The van der Waals surface area contributed by atoms with Crippen LogP contribution in [0, 0.1) is 5.92 Å². The molecule has 0 radical (unpaired) electrons. The number of hydrogen-bond acceptors (Lipinski definition) is 4. The Balaban J connectivity index is 2.43. The Hall–Kier alpha value is -1.55. The Morgan fingerprint density at radius 3 is 2.94 bits per heavy atom. The number of aliphatic hydroxyl groups excluding tert-OH is 1. The van der Waals surface area contributed by atoms with Crippen LogP contribution < -0.4 is 4.74 Å². The third-order valence-electron chi connectivity index (χ3n) is 2.84. The van der Waals surface area contributed by atoms with Crippen LogP contribution in [0.3, 0.4) is 0 Å². The summed E-state index contributed by atoms with van der Waals surface area (Å²) in [6.45, 7) is 1.88. The highest BCUT2D eigenvalue weighted by atomic mass is 16.5. The zero-order valence-corrected chi connectivity index (χ0v) is 9.06. The van der Waals surface area contributed by atoms with Crippen molar-refractivity contribution in [3.63, 3.8) is 0 Å². The van der Waals surface area contributed by atoms with Crippen LogP contribution in [0.2, 0.25) is 0 Å². The number of carbonyl (C=O) groups is 1. The number of aliphatic hydroxyl groups is 1. The highest BCUT2D eigenvalue weighted by Gasteiger charge is 2.24. The molecule has 0 amide bonds. The van der Waals surface area contributed by atoms with Gasteiger partial charge in [0.15, 0.2) is 5.78 Å². The van der Waals surface area contributed by atoms with Crippen molar-refractivity contribution in [3.8, 4) is 11.5 Å². The van der Waals surface area contributed by atoms with Crippen molar-refractivity contribution < 1.29 is 19.7 Å². The standard InChI is InChI=1S/C12H14O4/c1-7(14)9-2-3-11-10(12(9)15)4-8(5-13)6-16-11/h2-3,8,13,15H,4-6H2,1H3. The molecule has 0 aliphatic carbocycles. The van der Waals surface area contributed by atoms with E-state index in [9.17, 15) is 9.90 Å². The predicted octanol–water partition coefficient (Wildman–Crippen LogP) is 1.14. The van der Waals surface area contributed by atoms with Crippen molar-refractivity contribution >= 4 is 5.78 Å². The van der Waals surface area contributed by atoms with Crippen LogP contribution >= 0.6 is 0 Å². The van der Waals surface area contributed by atoms with Crippen molar-refractivity contribution in [1.29, 1.82) is 0 Å². The molecule has 0 aromatic heterocycles. The number of hydrogen-bond donors (Lipinski definition) is 2. The van der Waals surface area contributed by atoms with E-state index < -0.39 is 0 Å². The quantitative estimate of drug-likeness (QED) is 0.736. The van der Waals surface area contributed by atoms with E-state index in [0.29, 0.717) is 29.9 Å². The van der Waals surface area contributed by atoms with Crippen LogP contribution in [-0.4, -0.2) is 29.2 Å². The predicted molar refractivity (Wildman–Crippen MR) is 57.9 cm³/mol. The first-order valence-corrected chi connectivity index (χ1v) is 5.23. The lowest BCUT2D eigenvalue weighted by molar-refractivity contribution is 0.101. The minimum Gasteiger partial charge on any atom is -0.507 e. The van der Waals surface area contributed by atoms with Gasteiger partial charge in [0.05, 0.1) is 12.2 Å². The Morgan fingerprint density at radius 2 is 2.31 bits per heavy atom. The lowest BCUT2D eigenvalue weighted by atomic mass is 9.94. The molecule has 1 heterocycles. The normalized spacial score (nSPS) is 18.8. The fourth-order valence-corrected chi connectivity index (χ4v) is 1.91. The molecule has 2 rings (SSSR count). The third kappa shape index (κ3) is 1.76. The van der Waals surface area contributed by atoms with Gasteiger partial charge in [-0.1, -0.05) is 0 Å². The summed E-state index contributed by atoms with van der Waals surface area (Å²) in [5.41, 5.74) is 0.930. The van der Waals surface area contributed by atoms with Gasteiger partial charge in [0, 0.05) is 18.1 Å². The van der Waals surface area contributed by atoms with Crippen molar-refractivity contribution in [2.24, 2.45) is 5.92 Å². The summed E-state index contributed by atoms with van der Waals surface area (Å²) in [6, 6.07) is 3.26. The van der Waals surface area contributed by atoms with E-state index in [-0.39, 0.29) is 24.1 Å². The summed E-state index contributed by atoms with van der Waals surface area (Å²) < 4.78 is 5.41. The number of phenolic OH excluding ortho intramolecular Hbond substituents is 1. The monoisotopic (exact) mass is 222 g/mol. The van der Waals surface area contributed by atoms with E-state index in [0.717, 1.165) is 0 Å². The van der Waals surface area contributed by atoms with Crippen LogP contribution in [0.4, 0.5) is 0 Å². The number of ketones is 1. The molecule has 1 aromatic carbocycles. The van der Waals surface area contributed by atoms with Gasteiger partial charge in [0.25, 0.3) is 0 Å². The first kappa shape index (κ1) is 11.0. The van der Waals surface area contributed by atoms with Crippen molar-refractivity contribution in [2.45, 2.75) is 13.3 Å². The first-order chi connectivity index (χ1) is 7.63. The molecule has 0 bridgehead atoms. The number of aromatic hydroxyl groups is 1. The van der Waals surface area contributed by atoms with Gasteiger partial charge in [0.2, 0.25) is 0 Å². The van der Waals surface area contributed by atoms with Gasteiger partial charge in [-0.25, -0.2) is 0 Å². The molecule has 0 spiro atoms. The number of ether oxygens (including phenoxy) is 1. The molecule has 4 nitrogen and oxygen atoms in total. The SMILES string of the molecule is CC(=O)c1ccc2c(c1O)CC(CO)CO2. The molecular formula is C12H14O4. The Kier molecular flexibility index (Phi) is 2.83. The molecule has 86 valence electrons. The van der Waals surface area contributed by atoms with Crippen LogP contribution in [0.5, 0.6) is 11.5 Å². The van der Waals surface area contributed by atoms with Crippen molar-refractivity contribution in [1.82, 2.24) is 0 Å². The third-order valence-corrected chi connectivity index (χ3v) is 2.84. The molecule has 0 fully saturated rings. The maximum Gasteiger partial charge on any atom is 0.163 e. The lowest BCUT2D eigenvalue weighted by Gasteiger charge is -2.25. The second-order valence-electron chi connectivity index (χ2n) is 4.06. The number of fused-ring (bicyclic) bond motifs is 1. The number of rotatable bonds is 2. The Morgan fingerprint density at radius 1 is 1.56 bits per heavy atom. The molecule has 0 saturated carbocycles. The second-order valence-corrected chi connectivity index (χ2v) is 4.06. The maximum absolute atomic E-state index is 11.3. The average Bonchev–Trinajstić information content (AvgIpc) is 2.28. The van der Waals surface area contributed by atoms with Crippen molar-refractivity contribution in [2.75, 3.05) is 13.2 Å². The van der Waals surface area contributed by atoms with Crippen LogP contribution in [0.25, 0.3) is 0 Å². The minimum atomic E-state index is -0.175. The fraction of sp³-hybridized carbons (Fsp3) is 0.417. The molecule has 1 aliphatic heterocycles. The molecule has 1 unspecified atom stereocenters. The number of carbonyl (C=O) groups excluding carboxylic acids is 1. The van der Waals surface area contributed by atoms with E-state index in [4.69, 9.17) is 9.84 Å². The summed E-state index contributed by atoms with van der Waals surface area (Å²) in [6.07, 6.45) is 0.540. The minimum absolute atomic E-state index is 0.0110. The summed E-state index contributed by atoms with van der Waals surface area (Å²) in [4.78, 5) is 11.3.